The lowest BCUT2D eigenvalue weighted by atomic mass is 10.1. The minimum Gasteiger partial charge on any atom is -0.496 e. The second kappa shape index (κ2) is 6.74. The number of halogens is 1. The van der Waals surface area contributed by atoms with Gasteiger partial charge in [0.2, 0.25) is 0 Å². The third-order valence-electron chi connectivity index (χ3n) is 2.54. The van der Waals surface area contributed by atoms with E-state index in [0.717, 1.165) is 17.7 Å². The Hall–Kier alpha value is -0.770. The molecule has 0 aliphatic heterocycles. The average molecular weight is 244 g/mol. The molecule has 3 nitrogen and oxygen atoms in total. The van der Waals surface area contributed by atoms with Crippen molar-refractivity contribution in [3.8, 4) is 5.75 Å². The van der Waals surface area contributed by atoms with Gasteiger partial charge in [0.05, 0.1) is 13.7 Å². The maximum Gasteiger partial charge on any atom is 0.123 e. The molecule has 0 radical (unpaired) electrons. The van der Waals surface area contributed by atoms with E-state index in [0.29, 0.717) is 11.6 Å². The van der Waals surface area contributed by atoms with E-state index in [1.807, 2.05) is 19.1 Å². The monoisotopic (exact) mass is 243 g/mol. The smallest absolute Gasteiger partial charge is 0.123 e. The molecule has 0 amide bonds. The molecule has 0 aliphatic carbocycles. The molecule has 4 heteroatoms. The van der Waals surface area contributed by atoms with E-state index >= 15 is 0 Å². The van der Waals surface area contributed by atoms with Crippen molar-refractivity contribution in [1.29, 1.82) is 0 Å². The standard InChI is InChI=1S/C12H18ClNO2/c1-3-11(8-15)14-7-9-6-10(13)4-5-12(9)16-2/h4-6,11,14-15H,3,7-8H2,1-2H3/t11-/m0/s1. The largest absolute Gasteiger partial charge is 0.496 e. The highest BCUT2D eigenvalue weighted by molar-refractivity contribution is 6.30. The Balaban J connectivity index is 2.68. The van der Waals surface area contributed by atoms with Gasteiger partial charge in [-0.3, -0.25) is 0 Å². The van der Waals surface area contributed by atoms with Crippen LogP contribution in [0.15, 0.2) is 18.2 Å². The molecule has 1 atom stereocenters. The highest BCUT2D eigenvalue weighted by Gasteiger charge is 2.07. The molecule has 0 spiro atoms. The van der Waals surface area contributed by atoms with E-state index in [4.69, 9.17) is 21.4 Å². The van der Waals surface area contributed by atoms with Crippen molar-refractivity contribution in [2.75, 3.05) is 13.7 Å². The minimum atomic E-state index is 0.115. The molecule has 0 saturated heterocycles. The molecule has 0 saturated carbocycles. The molecule has 2 N–H and O–H groups in total. The number of aliphatic hydroxyl groups is 1. The van der Waals surface area contributed by atoms with Crippen LogP contribution in [0.4, 0.5) is 0 Å². The summed E-state index contributed by atoms with van der Waals surface area (Å²) in [7, 11) is 1.64. The Labute approximate surface area is 101 Å². The molecule has 1 rings (SSSR count). The Kier molecular flexibility index (Phi) is 5.60. The highest BCUT2D eigenvalue weighted by atomic mass is 35.5. The van der Waals surface area contributed by atoms with Crippen LogP contribution in [0.25, 0.3) is 0 Å². The number of nitrogens with one attached hydrogen (secondary N) is 1. The van der Waals surface area contributed by atoms with Crippen LogP contribution >= 0.6 is 11.6 Å². The predicted octanol–water partition coefficient (Wildman–Crippen LogP) is 2.21. The van der Waals surface area contributed by atoms with Gasteiger partial charge in [0.25, 0.3) is 0 Å². The first-order valence-electron chi connectivity index (χ1n) is 5.38. The lowest BCUT2D eigenvalue weighted by molar-refractivity contribution is 0.238. The highest BCUT2D eigenvalue weighted by Crippen LogP contribution is 2.22. The molecule has 1 aromatic rings. The van der Waals surface area contributed by atoms with Crippen molar-refractivity contribution < 1.29 is 9.84 Å². The van der Waals surface area contributed by atoms with Gasteiger partial charge in [0.15, 0.2) is 0 Å². The van der Waals surface area contributed by atoms with Gasteiger partial charge in [-0.25, -0.2) is 0 Å². The Morgan fingerprint density at radius 1 is 1.50 bits per heavy atom. The van der Waals surface area contributed by atoms with Crippen LogP contribution in [-0.2, 0) is 6.54 Å². The van der Waals surface area contributed by atoms with Crippen molar-refractivity contribution in [3.63, 3.8) is 0 Å². The zero-order valence-corrected chi connectivity index (χ0v) is 10.4. The number of hydrogen-bond donors (Lipinski definition) is 2. The molecular weight excluding hydrogens is 226 g/mol. The van der Waals surface area contributed by atoms with Gasteiger partial charge in [-0.1, -0.05) is 18.5 Å². The summed E-state index contributed by atoms with van der Waals surface area (Å²) in [5.41, 5.74) is 1.00. The molecule has 0 aliphatic rings. The molecule has 0 bridgehead atoms. The van der Waals surface area contributed by atoms with Gasteiger partial charge in [0, 0.05) is 23.2 Å². The Morgan fingerprint density at radius 3 is 2.81 bits per heavy atom. The molecule has 0 unspecified atom stereocenters. The van der Waals surface area contributed by atoms with E-state index in [2.05, 4.69) is 5.32 Å². The molecular formula is C12H18ClNO2. The number of aliphatic hydroxyl groups excluding tert-OH is 1. The summed E-state index contributed by atoms with van der Waals surface area (Å²) < 4.78 is 5.24. The van der Waals surface area contributed by atoms with E-state index in [9.17, 15) is 0 Å². The maximum absolute atomic E-state index is 9.07. The third kappa shape index (κ3) is 3.67. The molecule has 90 valence electrons. The second-order valence-corrected chi connectivity index (χ2v) is 4.06. The summed E-state index contributed by atoms with van der Waals surface area (Å²) in [6, 6.07) is 5.63. The zero-order chi connectivity index (χ0) is 12.0. The number of rotatable bonds is 6. The SMILES string of the molecule is CC[C@@H](CO)NCc1cc(Cl)ccc1OC. The van der Waals surface area contributed by atoms with Crippen LogP contribution in [0.3, 0.4) is 0 Å². The first-order chi connectivity index (χ1) is 7.71. The normalized spacial score (nSPS) is 12.5. The van der Waals surface area contributed by atoms with Gasteiger partial charge in [0.1, 0.15) is 5.75 Å². The number of hydrogen-bond acceptors (Lipinski definition) is 3. The van der Waals surface area contributed by atoms with Crippen molar-refractivity contribution >= 4 is 11.6 Å². The van der Waals surface area contributed by atoms with Crippen molar-refractivity contribution in [1.82, 2.24) is 5.32 Å². The number of methoxy groups -OCH3 is 1. The zero-order valence-electron chi connectivity index (χ0n) is 9.66. The summed E-state index contributed by atoms with van der Waals surface area (Å²) in [4.78, 5) is 0. The molecule has 16 heavy (non-hydrogen) atoms. The van der Waals surface area contributed by atoms with Gasteiger partial charge in [-0.2, -0.15) is 0 Å². The third-order valence-corrected chi connectivity index (χ3v) is 2.77. The van der Waals surface area contributed by atoms with Crippen molar-refractivity contribution in [3.05, 3.63) is 28.8 Å². The Bertz CT molecular complexity index is 327. The van der Waals surface area contributed by atoms with Crippen molar-refractivity contribution in [2.24, 2.45) is 0 Å². The average Bonchev–Trinajstić information content (AvgIpc) is 2.30. The maximum atomic E-state index is 9.07. The molecule has 0 aromatic heterocycles. The number of ether oxygens (including phenoxy) is 1. The van der Waals surface area contributed by atoms with Crippen LogP contribution in [0.2, 0.25) is 5.02 Å². The second-order valence-electron chi connectivity index (χ2n) is 3.62. The fourth-order valence-electron chi connectivity index (χ4n) is 1.48. The summed E-state index contributed by atoms with van der Waals surface area (Å²) in [6.07, 6.45) is 0.888. The van der Waals surface area contributed by atoms with Crippen LogP contribution < -0.4 is 10.1 Å². The van der Waals surface area contributed by atoms with E-state index < -0.39 is 0 Å². The lowest BCUT2D eigenvalue weighted by Crippen LogP contribution is -2.31. The molecule has 0 fully saturated rings. The fraction of sp³-hybridized carbons (Fsp3) is 0.500. The van der Waals surface area contributed by atoms with Crippen molar-refractivity contribution in [2.45, 2.75) is 25.9 Å². The quantitative estimate of drug-likeness (QED) is 0.805. The lowest BCUT2D eigenvalue weighted by Gasteiger charge is -2.15. The minimum absolute atomic E-state index is 0.115. The van der Waals surface area contributed by atoms with Crippen LogP contribution in [0.5, 0.6) is 5.75 Å². The van der Waals surface area contributed by atoms with Gasteiger partial charge < -0.3 is 15.2 Å². The van der Waals surface area contributed by atoms with E-state index in [-0.39, 0.29) is 12.6 Å². The summed E-state index contributed by atoms with van der Waals surface area (Å²) in [5, 5.41) is 13.0. The van der Waals surface area contributed by atoms with Gasteiger partial charge in [-0.15, -0.1) is 0 Å². The first kappa shape index (κ1) is 13.3. The predicted molar refractivity (Wildman–Crippen MR) is 66.0 cm³/mol. The van der Waals surface area contributed by atoms with Gasteiger partial charge in [-0.05, 0) is 24.6 Å². The molecule has 1 aromatic carbocycles. The van der Waals surface area contributed by atoms with Gasteiger partial charge >= 0.3 is 0 Å². The van der Waals surface area contributed by atoms with Crippen LogP contribution in [0.1, 0.15) is 18.9 Å². The van der Waals surface area contributed by atoms with E-state index in [1.54, 1.807) is 13.2 Å². The first-order valence-corrected chi connectivity index (χ1v) is 5.75. The fourth-order valence-corrected chi connectivity index (χ4v) is 1.67. The topological polar surface area (TPSA) is 41.5 Å². The van der Waals surface area contributed by atoms with E-state index in [1.165, 1.54) is 0 Å². The van der Waals surface area contributed by atoms with Crippen LogP contribution in [0, 0.1) is 0 Å². The Morgan fingerprint density at radius 2 is 2.25 bits per heavy atom. The molecule has 0 heterocycles. The summed E-state index contributed by atoms with van der Waals surface area (Å²) in [5.74, 6) is 0.810. The number of benzene rings is 1. The summed E-state index contributed by atoms with van der Waals surface area (Å²) in [6.45, 7) is 2.81. The summed E-state index contributed by atoms with van der Waals surface area (Å²) >= 11 is 5.92. The van der Waals surface area contributed by atoms with Crippen LogP contribution in [-0.4, -0.2) is 24.9 Å².